The van der Waals surface area contributed by atoms with Gasteiger partial charge in [-0.1, -0.05) is 65.8 Å². The lowest BCUT2D eigenvalue weighted by Gasteiger charge is -2.04. The number of pyridine rings is 1. The van der Waals surface area contributed by atoms with Gasteiger partial charge in [0.05, 0.1) is 5.52 Å². The maximum Gasteiger partial charge on any atom is 0.0705 e. The molecule has 1 heterocycles. The number of para-hydroxylation sites is 1. The average molecular weight is 231 g/mol. The van der Waals surface area contributed by atoms with Gasteiger partial charge in [0.15, 0.2) is 0 Å². The first-order chi connectivity index (χ1) is 8.27. The lowest BCUT2D eigenvalue weighted by molar-refractivity contribution is 0.830. The molecule has 0 amide bonds. The number of rotatable bonds is 1. The quantitative estimate of drug-likeness (QED) is 0.639. The van der Waals surface area contributed by atoms with Gasteiger partial charge >= 0.3 is 0 Å². The standard InChI is InChI=1S/C12H13N.2C2H6/c1-9(2)11-8-7-10-5-3-4-6-12(10)13-11;2*1-2/h3-9H,1-2H3;2*1-2H3. The lowest BCUT2D eigenvalue weighted by Crippen LogP contribution is -1.91. The van der Waals surface area contributed by atoms with Gasteiger partial charge < -0.3 is 0 Å². The fourth-order valence-corrected chi connectivity index (χ4v) is 1.40. The molecule has 2 rings (SSSR count). The van der Waals surface area contributed by atoms with Crippen molar-refractivity contribution in [2.45, 2.75) is 47.5 Å². The van der Waals surface area contributed by atoms with Crippen LogP contribution in [0.25, 0.3) is 10.9 Å². The van der Waals surface area contributed by atoms with E-state index in [0.717, 1.165) is 5.52 Å². The normalized spacial score (nSPS) is 9.12. The van der Waals surface area contributed by atoms with Crippen LogP contribution in [0.2, 0.25) is 0 Å². The third-order valence-corrected chi connectivity index (χ3v) is 2.21. The SMILES string of the molecule is CC.CC.CC(C)c1ccc2ccccc2n1. The highest BCUT2D eigenvalue weighted by Gasteiger charge is 2.00. The van der Waals surface area contributed by atoms with Crippen molar-refractivity contribution in [1.29, 1.82) is 0 Å². The Bertz CT molecular complexity index is 419. The van der Waals surface area contributed by atoms with Crippen molar-refractivity contribution in [3.8, 4) is 0 Å². The summed E-state index contributed by atoms with van der Waals surface area (Å²) in [5.74, 6) is 0.504. The van der Waals surface area contributed by atoms with Crippen LogP contribution in [0.15, 0.2) is 36.4 Å². The van der Waals surface area contributed by atoms with Crippen LogP contribution in [0, 0.1) is 0 Å². The number of fused-ring (bicyclic) bond motifs is 1. The number of nitrogens with zero attached hydrogens (tertiary/aromatic N) is 1. The Morgan fingerprint density at radius 3 is 2.00 bits per heavy atom. The van der Waals surface area contributed by atoms with Crippen molar-refractivity contribution in [2.75, 3.05) is 0 Å². The average Bonchev–Trinajstić information content (AvgIpc) is 2.42. The van der Waals surface area contributed by atoms with E-state index in [9.17, 15) is 0 Å². The van der Waals surface area contributed by atoms with Crippen molar-refractivity contribution < 1.29 is 0 Å². The molecule has 0 atom stereocenters. The van der Waals surface area contributed by atoms with Gasteiger partial charge in [-0.2, -0.15) is 0 Å². The van der Waals surface area contributed by atoms with Crippen LogP contribution in [0.1, 0.15) is 53.2 Å². The Balaban J connectivity index is 0.000000581. The summed E-state index contributed by atoms with van der Waals surface area (Å²) in [5, 5.41) is 1.21. The summed E-state index contributed by atoms with van der Waals surface area (Å²) in [6.07, 6.45) is 0. The van der Waals surface area contributed by atoms with E-state index in [2.05, 4.69) is 43.1 Å². The molecule has 0 saturated carbocycles. The Morgan fingerprint density at radius 2 is 1.41 bits per heavy atom. The van der Waals surface area contributed by atoms with Crippen molar-refractivity contribution in [1.82, 2.24) is 4.98 Å². The van der Waals surface area contributed by atoms with Gasteiger partial charge in [0, 0.05) is 11.1 Å². The van der Waals surface area contributed by atoms with Crippen molar-refractivity contribution in [2.24, 2.45) is 0 Å². The van der Waals surface area contributed by atoms with Crippen LogP contribution in [-0.2, 0) is 0 Å². The first-order valence-electron chi connectivity index (χ1n) is 6.63. The summed E-state index contributed by atoms with van der Waals surface area (Å²) in [4.78, 5) is 4.57. The molecule has 0 N–H and O–H groups in total. The minimum absolute atomic E-state index is 0.504. The van der Waals surface area contributed by atoms with E-state index >= 15 is 0 Å². The Labute approximate surface area is 106 Å². The zero-order valence-electron chi connectivity index (χ0n) is 12.0. The molecule has 1 aromatic heterocycles. The zero-order chi connectivity index (χ0) is 13.3. The van der Waals surface area contributed by atoms with Gasteiger partial charge in [-0.3, -0.25) is 4.98 Å². The Hall–Kier alpha value is -1.37. The summed E-state index contributed by atoms with van der Waals surface area (Å²) in [6.45, 7) is 12.3. The van der Waals surface area contributed by atoms with E-state index in [4.69, 9.17) is 0 Å². The summed E-state index contributed by atoms with van der Waals surface area (Å²) >= 11 is 0. The maximum absolute atomic E-state index is 4.57. The Kier molecular flexibility index (Phi) is 8.04. The van der Waals surface area contributed by atoms with E-state index in [1.165, 1.54) is 11.1 Å². The molecular weight excluding hydrogens is 206 g/mol. The van der Waals surface area contributed by atoms with Crippen LogP contribution in [0.3, 0.4) is 0 Å². The molecule has 0 aliphatic carbocycles. The Morgan fingerprint density at radius 1 is 0.824 bits per heavy atom. The van der Waals surface area contributed by atoms with Gasteiger partial charge in [0.1, 0.15) is 0 Å². The fourth-order valence-electron chi connectivity index (χ4n) is 1.40. The lowest BCUT2D eigenvalue weighted by atomic mass is 10.1. The molecule has 1 aromatic carbocycles. The first-order valence-corrected chi connectivity index (χ1v) is 6.63. The maximum atomic E-state index is 4.57. The van der Waals surface area contributed by atoms with Crippen LogP contribution in [-0.4, -0.2) is 4.98 Å². The highest BCUT2D eigenvalue weighted by atomic mass is 14.7. The highest BCUT2D eigenvalue weighted by molar-refractivity contribution is 5.78. The predicted molar refractivity (Wildman–Crippen MR) is 78.5 cm³/mol. The van der Waals surface area contributed by atoms with E-state index in [1.807, 2.05) is 39.8 Å². The molecule has 0 aliphatic rings. The van der Waals surface area contributed by atoms with Crippen LogP contribution >= 0.6 is 0 Å². The summed E-state index contributed by atoms with van der Waals surface area (Å²) in [7, 11) is 0. The molecule has 94 valence electrons. The van der Waals surface area contributed by atoms with Crippen molar-refractivity contribution in [3.05, 3.63) is 42.1 Å². The molecule has 1 nitrogen and oxygen atoms in total. The van der Waals surface area contributed by atoms with E-state index < -0.39 is 0 Å². The number of hydrogen-bond acceptors (Lipinski definition) is 1. The molecular formula is C16H25N. The molecule has 0 radical (unpaired) electrons. The molecule has 0 saturated heterocycles. The second-order valence-electron chi connectivity index (χ2n) is 3.58. The second kappa shape index (κ2) is 8.74. The summed E-state index contributed by atoms with van der Waals surface area (Å²) in [6, 6.07) is 12.5. The van der Waals surface area contributed by atoms with E-state index in [1.54, 1.807) is 0 Å². The fraction of sp³-hybridized carbons (Fsp3) is 0.438. The monoisotopic (exact) mass is 231 g/mol. The number of benzene rings is 1. The molecule has 0 bridgehead atoms. The van der Waals surface area contributed by atoms with Gasteiger partial charge in [0.2, 0.25) is 0 Å². The molecule has 0 fully saturated rings. The van der Waals surface area contributed by atoms with Crippen molar-refractivity contribution >= 4 is 10.9 Å². The second-order valence-corrected chi connectivity index (χ2v) is 3.58. The zero-order valence-corrected chi connectivity index (χ0v) is 12.0. The topological polar surface area (TPSA) is 12.9 Å². The summed E-state index contributed by atoms with van der Waals surface area (Å²) in [5.41, 5.74) is 2.26. The van der Waals surface area contributed by atoms with Gasteiger partial charge in [-0.05, 0) is 18.1 Å². The van der Waals surface area contributed by atoms with Crippen molar-refractivity contribution in [3.63, 3.8) is 0 Å². The number of hydrogen-bond donors (Lipinski definition) is 0. The smallest absolute Gasteiger partial charge is 0.0705 e. The predicted octanol–water partition coefficient (Wildman–Crippen LogP) is 5.41. The van der Waals surface area contributed by atoms with E-state index in [0.29, 0.717) is 5.92 Å². The molecule has 0 aliphatic heterocycles. The third kappa shape index (κ3) is 4.56. The van der Waals surface area contributed by atoms with E-state index in [-0.39, 0.29) is 0 Å². The van der Waals surface area contributed by atoms with Gasteiger partial charge in [-0.25, -0.2) is 0 Å². The summed E-state index contributed by atoms with van der Waals surface area (Å²) < 4.78 is 0. The van der Waals surface area contributed by atoms with Gasteiger partial charge in [0.25, 0.3) is 0 Å². The number of aromatic nitrogens is 1. The van der Waals surface area contributed by atoms with Gasteiger partial charge in [-0.15, -0.1) is 0 Å². The molecule has 0 unspecified atom stereocenters. The third-order valence-electron chi connectivity index (χ3n) is 2.21. The minimum atomic E-state index is 0.504. The first kappa shape index (κ1) is 15.6. The van der Waals surface area contributed by atoms with Crippen LogP contribution in [0.5, 0.6) is 0 Å². The largest absolute Gasteiger partial charge is 0.253 e. The molecule has 17 heavy (non-hydrogen) atoms. The molecule has 2 aromatic rings. The molecule has 0 spiro atoms. The molecule has 1 heteroatoms. The van der Waals surface area contributed by atoms with Crippen LogP contribution < -0.4 is 0 Å². The highest BCUT2D eigenvalue weighted by Crippen LogP contribution is 2.16. The van der Waals surface area contributed by atoms with Crippen LogP contribution in [0.4, 0.5) is 0 Å². The minimum Gasteiger partial charge on any atom is -0.253 e.